The molecular weight excluding hydrogens is 524 g/mol. The number of aliphatic imine (C=N–C) groups is 1. The number of carbonyl (C=O) groups excluding carboxylic acids is 1. The summed E-state index contributed by atoms with van der Waals surface area (Å²) < 4.78 is 8.47. The molecule has 1 aliphatic rings. The third kappa shape index (κ3) is 5.16. The number of hydrogen-bond donors (Lipinski definition) is 1. The fraction of sp³-hybridized carbons (Fsp3) is 0.214. The fourth-order valence-electron chi connectivity index (χ4n) is 3.97. The van der Waals surface area contributed by atoms with Gasteiger partial charge in [0.15, 0.2) is 0 Å². The van der Waals surface area contributed by atoms with Crippen LogP contribution in [-0.2, 0) is 9.53 Å². The number of hydrogen-bond acceptors (Lipinski definition) is 5. The summed E-state index contributed by atoms with van der Waals surface area (Å²) in [6.45, 7) is 10.1. The third-order valence-corrected chi connectivity index (χ3v) is 7.70. The largest absolute Gasteiger partial charge is 0.506 e. The van der Waals surface area contributed by atoms with E-state index in [1.54, 1.807) is 6.92 Å². The number of benzene rings is 2. The van der Waals surface area contributed by atoms with Crippen LogP contribution in [0.5, 0.6) is 0 Å². The van der Waals surface area contributed by atoms with Crippen LogP contribution in [0.4, 0.5) is 5.69 Å². The lowest BCUT2D eigenvalue weighted by Crippen LogP contribution is -2.12. The van der Waals surface area contributed by atoms with Crippen molar-refractivity contribution in [2.75, 3.05) is 6.61 Å². The molecule has 1 aromatic heterocycles. The molecule has 4 rings (SSSR count). The van der Waals surface area contributed by atoms with Crippen molar-refractivity contribution < 1.29 is 14.6 Å². The monoisotopic (exact) mass is 550 g/mol. The van der Waals surface area contributed by atoms with Crippen LogP contribution in [0.15, 0.2) is 74.2 Å². The molecule has 1 aliphatic heterocycles. The number of halogens is 1. The van der Waals surface area contributed by atoms with E-state index >= 15 is 0 Å². The number of aliphatic hydroxyl groups excluding tert-OH is 1. The summed E-state index contributed by atoms with van der Waals surface area (Å²) in [5.41, 5.74) is 7.20. The SMILES string of the molecule is CCOC(=O)C1=C(O)/C(=C/c2cc(C)n(-c3ccc(Br)c(C)c3)c2C)SC1=Nc1ccc(C)cc1. The van der Waals surface area contributed by atoms with Crippen molar-refractivity contribution in [3.05, 3.63) is 97.3 Å². The Morgan fingerprint density at radius 2 is 1.83 bits per heavy atom. The summed E-state index contributed by atoms with van der Waals surface area (Å²) in [6, 6.07) is 16.0. The van der Waals surface area contributed by atoms with Gasteiger partial charge in [-0.1, -0.05) is 45.4 Å². The van der Waals surface area contributed by atoms with Crippen LogP contribution in [0.2, 0.25) is 0 Å². The Bertz CT molecular complexity index is 1400. The molecule has 2 aromatic carbocycles. The molecule has 0 unspecified atom stereocenters. The Labute approximate surface area is 218 Å². The molecule has 35 heavy (non-hydrogen) atoms. The lowest BCUT2D eigenvalue weighted by Gasteiger charge is -2.11. The van der Waals surface area contributed by atoms with E-state index in [-0.39, 0.29) is 17.9 Å². The molecule has 0 fully saturated rings. The van der Waals surface area contributed by atoms with Crippen LogP contribution in [0, 0.1) is 27.7 Å². The van der Waals surface area contributed by atoms with Crippen molar-refractivity contribution in [2.45, 2.75) is 34.6 Å². The standard InChI is InChI=1S/C28H27BrN2O3S/c1-6-34-28(33)25-26(32)24(35-27(25)30-21-9-7-16(2)8-10-21)15-20-14-18(4)31(19(20)5)22-11-12-23(29)17(3)13-22/h7-15,32H,6H2,1-5H3/b24-15-,30-27?. The Hall–Kier alpha value is -3.03. The van der Waals surface area contributed by atoms with Gasteiger partial charge in [-0.25, -0.2) is 9.79 Å². The number of thioether (sulfide) groups is 1. The maximum absolute atomic E-state index is 12.7. The molecule has 180 valence electrons. The topological polar surface area (TPSA) is 63.8 Å². The number of nitrogens with zero attached hydrogens (tertiary/aromatic N) is 2. The maximum Gasteiger partial charge on any atom is 0.344 e. The van der Waals surface area contributed by atoms with E-state index in [4.69, 9.17) is 4.74 Å². The van der Waals surface area contributed by atoms with Crippen LogP contribution in [0.3, 0.4) is 0 Å². The molecule has 2 heterocycles. The average molecular weight is 552 g/mol. The fourth-order valence-corrected chi connectivity index (χ4v) is 5.24. The van der Waals surface area contributed by atoms with Gasteiger partial charge in [-0.3, -0.25) is 0 Å². The third-order valence-electron chi connectivity index (χ3n) is 5.79. The molecule has 0 bridgehead atoms. The molecule has 0 spiro atoms. The summed E-state index contributed by atoms with van der Waals surface area (Å²) in [5, 5.41) is 11.5. The Balaban J connectivity index is 1.77. The highest BCUT2D eigenvalue weighted by Crippen LogP contribution is 2.41. The molecular formula is C28H27BrN2O3S. The van der Waals surface area contributed by atoms with E-state index in [2.05, 4.69) is 57.5 Å². The van der Waals surface area contributed by atoms with Crippen LogP contribution in [-0.4, -0.2) is 27.3 Å². The summed E-state index contributed by atoms with van der Waals surface area (Å²) in [6.07, 6.45) is 1.90. The zero-order valence-electron chi connectivity index (χ0n) is 20.3. The lowest BCUT2D eigenvalue weighted by molar-refractivity contribution is -0.138. The normalized spacial score (nSPS) is 15.9. The smallest absolute Gasteiger partial charge is 0.344 e. The molecule has 5 nitrogen and oxygen atoms in total. The number of esters is 1. The minimum Gasteiger partial charge on any atom is -0.506 e. The average Bonchev–Trinajstić information content (AvgIpc) is 3.27. The van der Waals surface area contributed by atoms with Gasteiger partial charge in [-0.15, -0.1) is 0 Å². The van der Waals surface area contributed by atoms with E-state index in [0.29, 0.717) is 15.6 Å². The van der Waals surface area contributed by atoms with Crippen LogP contribution in [0.1, 0.15) is 35.0 Å². The Morgan fingerprint density at radius 3 is 2.49 bits per heavy atom. The first-order valence-corrected chi connectivity index (χ1v) is 12.9. The lowest BCUT2D eigenvalue weighted by atomic mass is 10.1. The number of rotatable bonds is 5. The van der Waals surface area contributed by atoms with E-state index in [0.717, 1.165) is 38.2 Å². The van der Waals surface area contributed by atoms with Gasteiger partial charge in [-0.2, -0.15) is 0 Å². The van der Waals surface area contributed by atoms with Crippen LogP contribution < -0.4 is 0 Å². The summed E-state index contributed by atoms with van der Waals surface area (Å²) in [4.78, 5) is 17.9. The second kappa shape index (κ2) is 10.3. The van der Waals surface area contributed by atoms with Gasteiger partial charge in [-0.05, 0) is 88.2 Å². The van der Waals surface area contributed by atoms with Crippen LogP contribution in [0.25, 0.3) is 11.8 Å². The van der Waals surface area contributed by atoms with Crippen molar-refractivity contribution in [3.63, 3.8) is 0 Å². The second-order valence-electron chi connectivity index (χ2n) is 8.40. The molecule has 3 aromatic rings. The van der Waals surface area contributed by atoms with Gasteiger partial charge in [0.1, 0.15) is 16.4 Å². The Kier molecular flexibility index (Phi) is 7.38. The van der Waals surface area contributed by atoms with Gasteiger partial charge in [0, 0.05) is 21.5 Å². The quantitative estimate of drug-likeness (QED) is 0.331. The summed E-state index contributed by atoms with van der Waals surface area (Å²) in [7, 11) is 0. The summed E-state index contributed by atoms with van der Waals surface area (Å²) in [5.74, 6) is -0.689. The number of aryl methyl sites for hydroxylation is 3. The van der Waals surface area contributed by atoms with Gasteiger partial charge >= 0.3 is 5.97 Å². The molecule has 0 saturated carbocycles. The van der Waals surface area contributed by atoms with Crippen molar-refractivity contribution >= 4 is 50.5 Å². The highest BCUT2D eigenvalue weighted by Gasteiger charge is 2.33. The number of ether oxygens (including phenoxy) is 1. The van der Waals surface area contributed by atoms with Crippen molar-refractivity contribution in [2.24, 2.45) is 4.99 Å². The van der Waals surface area contributed by atoms with E-state index < -0.39 is 5.97 Å². The Morgan fingerprint density at radius 1 is 1.11 bits per heavy atom. The highest BCUT2D eigenvalue weighted by molar-refractivity contribution is 9.10. The zero-order valence-corrected chi connectivity index (χ0v) is 22.8. The minimum atomic E-state index is -0.581. The molecule has 7 heteroatoms. The van der Waals surface area contributed by atoms with Gasteiger partial charge < -0.3 is 14.4 Å². The maximum atomic E-state index is 12.7. The number of aromatic nitrogens is 1. The predicted molar refractivity (Wildman–Crippen MR) is 148 cm³/mol. The number of aliphatic hydroxyl groups is 1. The molecule has 0 amide bonds. The second-order valence-corrected chi connectivity index (χ2v) is 10.3. The van der Waals surface area contributed by atoms with E-state index in [1.807, 2.05) is 50.3 Å². The van der Waals surface area contributed by atoms with Crippen molar-refractivity contribution in [1.29, 1.82) is 0 Å². The predicted octanol–water partition coefficient (Wildman–Crippen LogP) is 7.67. The number of carbonyl (C=O) groups is 1. The highest BCUT2D eigenvalue weighted by atomic mass is 79.9. The minimum absolute atomic E-state index is 0.0982. The van der Waals surface area contributed by atoms with Gasteiger partial charge in [0.25, 0.3) is 0 Å². The first-order valence-electron chi connectivity index (χ1n) is 11.3. The van der Waals surface area contributed by atoms with Crippen molar-refractivity contribution in [3.8, 4) is 5.69 Å². The van der Waals surface area contributed by atoms with E-state index in [9.17, 15) is 9.90 Å². The molecule has 0 saturated heterocycles. The molecule has 0 aliphatic carbocycles. The van der Waals surface area contributed by atoms with Gasteiger partial charge in [0.05, 0.1) is 17.2 Å². The van der Waals surface area contributed by atoms with Crippen LogP contribution >= 0.6 is 27.7 Å². The first kappa shape index (κ1) is 25.1. The molecule has 0 radical (unpaired) electrons. The van der Waals surface area contributed by atoms with Gasteiger partial charge in [0.2, 0.25) is 0 Å². The molecule has 0 atom stereocenters. The molecule has 1 N–H and O–H groups in total. The van der Waals surface area contributed by atoms with Crippen molar-refractivity contribution in [1.82, 2.24) is 4.57 Å². The first-order chi connectivity index (χ1) is 16.7. The summed E-state index contributed by atoms with van der Waals surface area (Å²) >= 11 is 4.84. The van der Waals surface area contributed by atoms with E-state index in [1.165, 1.54) is 11.8 Å². The zero-order chi connectivity index (χ0) is 25.3.